The zero-order chi connectivity index (χ0) is 16.7. The third kappa shape index (κ3) is 5.32. The number of amides is 2. The van der Waals surface area contributed by atoms with Crippen LogP contribution in [0, 0.1) is 6.92 Å². The number of aryl methyl sites for hydroxylation is 1. The van der Waals surface area contributed by atoms with Crippen molar-refractivity contribution in [3.05, 3.63) is 42.0 Å². The van der Waals surface area contributed by atoms with E-state index in [2.05, 4.69) is 22.2 Å². The first-order valence-corrected chi connectivity index (χ1v) is 7.84. The fraction of sp³-hybridized carbons (Fsp3) is 0.412. The molecule has 0 saturated carbocycles. The number of rotatable bonds is 7. The minimum absolute atomic E-state index is 0.190. The number of aromatic nitrogens is 2. The molecule has 6 heteroatoms. The van der Waals surface area contributed by atoms with E-state index < -0.39 is 0 Å². The summed E-state index contributed by atoms with van der Waals surface area (Å²) in [4.78, 5) is 21.1. The van der Waals surface area contributed by atoms with Crippen molar-refractivity contribution in [2.75, 3.05) is 19.0 Å². The van der Waals surface area contributed by atoms with Crippen LogP contribution >= 0.6 is 0 Å². The van der Waals surface area contributed by atoms with E-state index in [-0.39, 0.29) is 6.03 Å². The molecule has 2 aromatic rings. The van der Waals surface area contributed by atoms with Crippen molar-refractivity contribution >= 4 is 11.7 Å². The summed E-state index contributed by atoms with van der Waals surface area (Å²) in [6.07, 6.45) is 3.85. The summed E-state index contributed by atoms with van der Waals surface area (Å²) in [7, 11) is 1.73. The molecule has 0 aliphatic carbocycles. The van der Waals surface area contributed by atoms with Crippen LogP contribution in [-0.2, 0) is 6.54 Å². The van der Waals surface area contributed by atoms with E-state index in [0.29, 0.717) is 18.8 Å². The van der Waals surface area contributed by atoms with Crippen LogP contribution in [0.3, 0.4) is 0 Å². The first-order valence-electron chi connectivity index (χ1n) is 7.84. The molecule has 1 aromatic carbocycles. The molecule has 0 aliphatic rings. The molecule has 1 heterocycles. The van der Waals surface area contributed by atoms with Gasteiger partial charge in [-0.25, -0.2) is 9.78 Å². The van der Waals surface area contributed by atoms with Crippen LogP contribution in [0.25, 0.3) is 0 Å². The van der Waals surface area contributed by atoms with Gasteiger partial charge in [0.25, 0.3) is 0 Å². The number of ether oxygens (including phenoxy) is 1. The molecule has 0 aliphatic heterocycles. The number of hydrogen-bond donors (Lipinski definition) is 2. The zero-order valence-electron chi connectivity index (χ0n) is 13.9. The van der Waals surface area contributed by atoms with E-state index in [1.165, 1.54) is 0 Å². The predicted octanol–water partition coefficient (Wildman–Crippen LogP) is 3.56. The number of benzene rings is 1. The van der Waals surface area contributed by atoms with Gasteiger partial charge < -0.3 is 19.9 Å². The SMILES string of the molecule is CCCCOc1cccc(NC(=O)N(C)Cc2ncc(C)[nH]2)c1. The molecule has 2 amide bonds. The van der Waals surface area contributed by atoms with Crippen molar-refractivity contribution in [1.29, 1.82) is 0 Å². The standard InChI is InChI=1S/C17H24N4O2/c1-4-5-9-23-15-8-6-7-14(10-15)20-17(22)21(3)12-16-18-11-13(2)19-16/h6-8,10-11H,4-5,9,12H2,1-3H3,(H,18,19)(H,20,22). The van der Waals surface area contributed by atoms with E-state index >= 15 is 0 Å². The molecule has 2 N–H and O–H groups in total. The van der Waals surface area contributed by atoms with Crippen molar-refractivity contribution in [2.24, 2.45) is 0 Å². The van der Waals surface area contributed by atoms with Gasteiger partial charge in [-0.3, -0.25) is 0 Å². The fourth-order valence-corrected chi connectivity index (χ4v) is 2.06. The lowest BCUT2D eigenvalue weighted by Crippen LogP contribution is -2.31. The molecule has 0 fully saturated rings. The van der Waals surface area contributed by atoms with E-state index in [1.54, 1.807) is 18.1 Å². The largest absolute Gasteiger partial charge is 0.494 e. The average molecular weight is 316 g/mol. The van der Waals surface area contributed by atoms with Crippen LogP contribution in [0.2, 0.25) is 0 Å². The second-order valence-electron chi connectivity index (χ2n) is 5.53. The first kappa shape index (κ1) is 16.9. The Morgan fingerprint density at radius 1 is 1.43 bits per heavy atom. The lowest BCUT2D eigenvalue weighted by Gasteiger charge is -2.17. The molecule has 124 valence electrons. The highest BCUT2D eigenvalue weighted by atomic mass is 16.5. The summed E-state index contributed by atoms with van der Waals surface area (Å²) in [6, 6.07) is 7.24. The highest BCUT2D eigenvalue weighted by Gasteiger charge is 2.11. The molecule has 23 heavy (non-hydrogen) atoms. The second-order valence-corrected chi connectivity index (χ2v) is 5.53. The molecule has 1 aromatic heterocycles. The highest BCUT2D eigenvalue weighted by molar-refractivity contribution is 5.89. The van der Waals surface area contributed by atoms with Crippen molar-refractivity contribution in [2.45, 2.75) is 33.2 Å². The van der Waals surface area contributed by atoms with Gasteiger partial charge in [-0.2, -0.15) is 0 Å². The summed E-state index contributed by atoms with van der Waals surface area (Å²) in [5, 5.41) is 2.86. The van der Waals surface area contributed by atoms with Gasteiger partial charge in [-0.05, 0) is 25.5 Å². The Bertz CT molecular complexity index is 639. The van der Waals surface area contributed by atoms with Crippen LogP contribution < -0.4 is 10.1 Å². The maximum Gasteiger partial charge on any atom is 0.321 e. The second kappa shape index (κ2) is 8.22. The number of carbonyl (C=O) groups excluding carboxylic acids is 1. The maximum absolute atomic E-state index is 12.2. The van der Waals surface area contributed by atoms with Gasteiger partial charge in [-0.1, -0.05) is 19.4 Å². The summed E-state index contributed by atoms with van der Waals surface area (Å²) in [5.41, 5.74) is 1.69. The van der Waals surface area contributed by atoms with Crippen LogP contribution in [0.1, 0.15) is 31.3 Å². The number of nitrogens with one attached hydrogen (secondary N) is 2. The lowest BCUT2D eigenvalue weighted by atomic mass is 10.3. The Balaban J connectivity index is 1.89. The number of aromatic amines is 1. The summed E-state index contributed by atoms with van der Waals surface area (Å²) in [6.45, 7) is 5.16. The summed E-state index contributed by atoms with van der Waals surface area (Å²) >= 11 is 0. The molecular formula is C17H24N4O2. The van der Waals surface area contributed by atoms with Gasteiger partial charge >= 0.3 is 6.03 Å². The fourth-order valence-electron chi connectivity index (χ4n) is 2.06. The van der Waals surface area contributed by atoms with E-state index in [1.807, 2.05) is 31.2 Å². The van der Waals surface area contributed by atoms with Gasteiger partial charge in [0.05, 0.1) is 13.2 Å². The van der Waals surface area contributed by atoms with Crippen LogP contribution in [0.4, 0.5) is 10.5 Å². The Hall–Kier alpha value is -2.50. The van der Waals surface area contributed by atoms with Crippen LogP contribution in [0.5, 0.6) is 5.75 Å². The molecule has 2 rings (SSSR count). The van der Waals surface area contributed by atoms with Crippen LogP contribution in [0.15, 0.2) is 30.5 Å². The number of hydrogen-bond acceptors (Lipinski definition) is 3. The number of imidazole rings is 1. The Morgan fingerprint density at radius 2 is 2.26 bits per heavy atom. The van der Waals surface area contributed by atoms with Crippen molar-refractivity contribution in [3.8, 4) is 5.75 Å². The Labute approximate surface area is 136 Å². The van der Waals surface area contributed by atoms with Gasteiger partial charge in [-0.15, -0.1) is 0 Å². The number of nitrogens with zero attached hydrogens (tertiary/aromatic N) is 2. The normalized spacial score (nSPS) is 10.4. The molecule has 0 atom stereocenters. The third-order valence-electron chi connectivity index (χ3n) is 3.34. The van der Waals surface area contributed by atoms with Gasteiger partial charge in [0.15, 0.2) is 0 Å². The topological polar surface area (TPSA) is 70.2 Å². The van der Waals surface area contributed by atoms with Gasteiger partial charge in [0, 0.05) is 30.7 Å². The van der Waals surface area contributed by atoms with E-state index in [4.69, 9.17) is 4.74 Å². The molecule has 6 nitrogen and oxygen atoms in total. The summed E-state index contributed by atoms with van der Waals surface area (Å²) in [5.74, 6) is 1.53. The molecule has 0 spiro atoms. The number of urea groups is 1. The summed E-state index contributed by atoms with van der Waals surface area (Å²) < 4.78 is 5.65. The molecule has 0 unspecified atom stereocenters. The highest BCUT2D eigenvalue weighted by Crippen LogP contribution is 2.18. The maximum atomic E-state index is 12.2. The van der Waals surface area contributed by atoms with Crippen molar-refractivity contribution in [1.82, 2.24) is 14.9 Å². The monoisotopic (exact) mass is 316 g/mol. The zero-order valence-corrected chi connectivity index (χ0v) is 13.9. The molecule has 0 bridgehead atoms. The minimum Gasteiger partial charge on any atom is -0.494 e. The van der Waals surface area contributed by atoms with Gasteiger partial charge in [0.2, 0.25) is 0 Å². The van der Waals surface area contributed by atoms with Crippen LogP contribution in [-0.4, -0.2) is 34.6 Å². The number of unbranched alkanes of at least 4 members (excludes halogenated alkanes) is 1. The van der Waals surface area contributed by atoms with Crippen molar-refractivity contribution < 1.29 is 9.53 Å². The predicted molar refractivity (Wildman–Crippen MR) is 90.7 cm³/mol. The number of H-pyrrole nitrogens is 1. The van der Waals surface area contributed by atoms with Crippen molar-refractivity contribution in [3.63, 3.8) is 0 Å². The number of anilines is 1. The van der Waals surface area contributed by atoms with E-state index in [0.717, 1.165) is 30.1 Å². The van der Waals surface area contributed by atoms with E-state index in [9.17, 15) is 4.79 Å². The Morgan fingerprint density at radius 3 is 2.96 bits per heavy atom. The minimum atomic E-state index is -0.190. The molecular weight excluding hydrogens is 292 g/mol. The lowest BCUT2D eigenvalue weighted by molar-refractivity contribution is 0.219. The molecule has 0 radical (unpaired) electrons. The average Bonchev–Trinajstić information content (AvgIpc) is 2.93. The van der Waals surface area contributed by atoms with Gasteiger partial charge in [0.1, 0.15) is 11.6 Å². The quantitative estimate of drug-likeness (QED) is 0.767. The molecule has 0 saturated heterocycles. The first-order chi connectivity index (χ1) is 11.1. The number of carbonyl (C=O) groups is 1. The smallest absolute Gasteiger partial charge is 0.321 e. The third-order valence-corrected chi connectivity index (χ3v) is 3.34. The Kier molecular flexibility index (Phi) is 6.02.